The molecule has 22 heavy (non-hydrogen) atoms. The Morgan fingerprint density at radius 2 is 1.68 bits per heavy atom. The van der Waals surface area contributed by atoms with E-state index in [0.29, 0.717) is 17.8 Å². The summed E-state index contributed by atoms with van der Waals surface area (Å²) in [5, 5.41) is 2.78. The molecule has 0 radical (unpaired) electrons. The van der Waals surface area contributed by atoms with Crippen molar-refractivity contribution in [2.45, 2.75) is 6.54 Å². The quantitative estimate of drug-likeness (QED) is 0.882. The summed E-state index contributed by atoms with van der Waals surface area (Å²) in [5.74, 6) is -0.404. The van der Waals surface area contributed by atoms with Crippen molar-refractivity contribution in [3.8, 4) is 0 Å². The number of methoxy groups -OCH3 is 1. The lowest BCUT2D eigenvalue weighted by atomic mass is 10.2. The number of hydrogen-bond donors (Lipinski definition) is 1. The van der Waals surface area contributed by atoms with Crippen LogP contribution in [0.3, 0.4) is 0 Å². The van der Waals surface area contributed by atoms with E-state index in [-0.39, 0.29) is 6.03 Å². The fourth-order valence-electron chi connectivity index (χ4n) is 1.96. The first-order valence-corrected chi connectivity index (χ1v) is 6.84. The second-order valence-electron chi connectivity index (χ2n) is 4.84. The Labute approximate surface area is 129 Å². The number of carbonyl (C=O) groups excluding carboxylic acids is 2. The SMILES string of the molecule is COC(=O)c1ccc(NC(=O)N(C)Cc2ccccc2)cc1. The number of benzene rings is 2. The summed E-state index contributed by atoms with van der Waals surface area (Å²) in [6, 6.07) is 16.1. The van der Waals surface area contributed by atoms with E-state index in [1.54, 1.807) is 36.2 Å². The van der Waals surface area contributed by atoms with Crippen molar-refractivity contribution >= 4 is 17.7 Å². The van der Waals surface area contributed by atoms with Crippen molar-refractivity contribution in [1.82, 2.24) is 4.90 Å². The Bertz CT molecular complexity index is 639. The first-order chi connectivity index (χ1) is 10.6. The van der Waals surface area contributed by atoms with Crippen molar-refractivity contribution in [1.29, 1.82) is 0 Å². The number of carbonyl (C=O) groups is 2. The second-order valence-corrected chi connectivity index (χ2v) is 4.84. The van der Waals surface area contributed by atoms with E-state index in [0.717, 1.165) is 5.56 Å². The third kappa shape index (κ3) is 4.09. The fourth-order valence-corrected chi connectivity index (χ4v) is 1.96. The molecule has 0 fully saturated rings. The molecule has 0 bridgehead atoms. The molecule has 1 N–H and O–H groups in total. The second kappa shape index (κ2) is 7.26. The predicted octanol–water partition coefficient (Wildman–Crippen LogP) is 3.14. The smallest absolute Gasteiger partial charge is 0.337 e. The van der Waals surface area contributed by atoms with Crippen LogP contribution in [0.15, 0.2) is 54.6 Å². The van der Waals surface area contributed by atoms with Crippen LogP contribution in [0.5, 0.6) is 0 Å². The summed E-state index contributed by atoms with van der Waals surface area (Å²) in [6.45, 7) is 0.521. The zero-order chi connectivity index (χ0) is 15.9. The molecule has 0 aliphatic heterocycles. The van der Waals surface area contributed by atoms with Gasteiger partial charge in [-0.2, -0.15) is 0 Å². The summed E-state index contributed by atoms with van der Waals surface area (Å²) < 4.78 is 4.63. The van der Waals surface area contributed by atoms with Crippen molar-refractivity contribution in [2.75, 3.05) is 19.5 Å². The molecule has 0 aliphatic carbocycles. The van der Waals surface area contributed by atoms with Gasteiger partial charge in [-0.1, -0.05) is 30.3 Å². The number of rotatable bonds is 4. The van der Waals surface area contributed by atoms with Gasteiger partial charge in [0.15, 0.2) is 0 Å². The number of urea groups is 1. The van der Waals surface area contributed by atoms with E-state index in [4.69, 9.17) is 0 Å². The van der Waals surface area contributed by atoms with Crippen molar-refractivity contribution in [2.24, 2.45) is 0 Å². The van der Waals surface area contributed by atoms with Crippen LogP contribution in [0.1, 0.15) is 15.9 Å². The number of esters is 1. The normalized spacial score (nSPS) is 9.91. The Morgan fingerprint density at radius 1 is 1.05 bits per heavy atom. The summed E-state index contributed by atoms with van der Waals surface area (Å²) in [7, 11) is 3.06. The average Bonchev–Trinajstić information content (AvgIpc) is 2.55. The van der Waals surface area contributed by atoms with Gasteiger partial charge in [0.1, 0.15) is 0 Å². The summed E-state index contributed by atoms with van der Waals surface area (Å²) in [6.07, 6.45) is 0. The van der Waals surface area contributed by atoms with E-state index in [9.17, 15) is 9.59 Å². The van der Waals surface area contributed by atoms with Crippen LogP contribution in [-0.4, -0.2) is 31.1 Å². The van der Waals surface area contributed by atoms with Gasteiger partial charge < -0.3 is 15.0 Å². The van der Waals surface area contributed by atoms with Crippen LogP contribution in [0.25, 0.3) is 0 Å². The highest BCUT2D eigenvalue weighted by atomic mass is 16.5. The maximum absolute atomic E-state index is 12.1. The minimum Gasteiger partial charge on any atom is -0.465 e. The molecule has 0 heterocycles. The zero-order valence-corrected chi connectivity index (χ0v) is 12.6. The standard InChI is InChI=1S/C17H18N2O3/c1-19(12-13-6-4-3-5-7-13)17(21)18-15-10-8-14(9-11-15)16(20)22-2/h3-11H,12H2,1-2H3,(H,18,21). The van der Waals surface area contributed by atoms with Gasteiger partial charge >= 0.3 is 12.0 Å². The molecule has 0 saturated carbocycles. The highest BCUT2D eigenvalue weighted by molar-refractivity contribution is 5.92. The van der Waals surface area contributed by atoms with Crippen LogP contribution in [0, 0.1) is 0 Å². The Hall–Kier alpha value is -2.82. The van der Waals surface area contributed by atoms with Gasteiger partial charge in [0.05, 0.1) is 12.7 Å². The van der Waals surface area contributed by atoms with Crippen LogP contribution in [0.2, 0.25) is 0 Å². The van der Waals surface area contributed by atoms with E-state index in [1.807, 2.05) is 30.3 Å². The molecule has 0 atom stereocenters. The first kappa shape index (κ1) is 15.6. The molecule has 0 aromatic heterocycles. The number of hydrogen-bond acceptors (Lipinski definition) is 3. The molecule has 2 aromatic carbocycles. The molecule has 0 saturated heterocycles. The van der Waals surface area contributed by atoms with E-state index >= 15 is 0 Å². The minimum absolute atomic E-state index is 0.213. The Morgan fingerprint density at radius 3 is 2.27 bits per heavy atom. The highest BCUT2D eigenvalue weighted by Gasteiger charge is 2.10. The molecule has 0 unspecified atom stereocenters. The Kier molecular flexibility index (Phi) is 5.14. The van der Waals surface area contributed by atoms with E-state index < -0.39 is 5.97 Å². The van der Waals surface area contributed by atoms with Gasteiger partial charge in [-0.3, -0.25) is 0 Å². The van der Waals surface area contributed by atoms with Gasteiger partial charge in [0.2, 0.25) is 0 Å². The molecule has 114 valence electrons. The molecular weight excluding hydrogens is 280 g/mol. The van der Waals surface area contributed by atoms with E-state index in [2.05, 4.69) is 10.1 Å². The maximum Gasteiger partial charge on any atom is 0.337 e. The monoisotopic (exact) mass is 298 g/mol. The van der Waals surface area contributed by atoms with Gasteiger partial charge in [-0.05, 0) is 29.8 Å². The summed E-state index contributed by atoms with van der Waals surface area (Å²) in [4.78, 5) is 25.0. The van der Waals surface area contributed by atoms with Gasteiger partial charge in [-0.25, -0.2) is 9.59 Å². The lowest BCUT2D eigenvalue weighted by Gasteiger charge is -2.18. The first-order valence-electron chi connectivity index (χ1n) is 6.84. The molecule has 0 spiro atoms. The number of ether oxygens (including phenoxy) is 1. The highest BCUT2D eigenvalue weighted by Crippen LogP contribution is 2.12. The topological polar surface area (TPSA) is 58.6 Å². The fraction of sp³-hybridized carbons (Fsp3) is 0.176. The molecule has 5 nitrogen and oxygen atoms in total. The third-order valence-corrected chi connectivity index (χ3v) is 3.17. The molecule has 2 rings (SSSR count). The number of anilines is 1. The largest absolute Gasteiger partial charge is 0.465 e. The van der Waals surface area contributed by atoms with Gasteiger partial charge in [0.25, 0.3) is 0 Å². The third-order valence-electron chi connectivity index (χ3n) is 3.17. The summed E-state index contributed by atoms with van der Waals surface area (Å²) >= 11 is 0. The van der Waals surface area contributed by atoms with Crippen molar-refractivity contribution in [3.63, 3.8) is 0 Å². The zero-order valence-electron chi connectivity index (χ0n) is 12.6. The molecule has 2 amide bonds. The molecular formula is C17H18N2O3. The van der Waals surface area contributed by atoms with Gasteiger partial charge in [0, 0.05) is 19.3 Å². The average molecular weight is 298 g/mol. The van der Waals surface area contributed by atoms with Crippen molar-refractivity contribution < 1.29 is 14.3 Å². The maximum atomic E-state index is 12.1. The number of nitrogens with zero attached hydrogens (tertiary/aromatic N) is 1. The van der Waals surface area contributed by atoms with Crippen LogP contribution >= 0.6 is 0 Å². The van der Waals surface area contributed by atoms with Crippen LogP contribution in [-0.2, 0) is 11.3 Å². The minimum atomic E-state index is -0.404. The lowest BCUT2D eigenvalue weighted by Crippen LogP contribution is -2.30. The van der Waals surface area contributed by atoms with Crippen LogP contribution < -0.4 is 5.32 Å². The predicted molar refractivity (Wildman–Crippen MR) is 84.7 cm³/mol. The molecule has 0 aliphatic rings. The summed E-state index contributed by atoms with van der Waals surface area (Å²) in [5.41, 5.74) is 2.12. The Balaban J connectivity index is 1.95. The molecule has 5 heteroatoms. The number of nitrogens with one attached hydrogen (secondary N) is 1. The van der Waals surface area contributed by atoms with Crippen LogP contribution in [0.4, 0.5) is 10.5 Å². The van der Waals surface area contributed by atoms with E-state index in [1.165, 1.54) is 7.11 Å². The molecule has 2 aromatic rings. The number of amides is 2. The van der Waals surface area contributed by atoms with Gasteiger partial charge in [-0.15, -0.1) is 0 Å². The lowest BCUT2D eigenvalue weighted by molar-refractivity contribution is 0.0601. The van der Waals surface area contributed by atoms with Crippen molar-refractivity contribution in [3.05, 3.63) is 65.7 Å².